The summed E-state index contributed by atoms with van der Waals surface area (Å²) in [5, 5.41) is 13.1. The maximum absolute atomic E-state index is 12.1. The van der Waals surface area contributed by atoms with Crippen LogP contribution in [0.25, 0.3) is 0 Å². The summed E-state index contributed by atoms with van der Waals surface area (Å²) in [6.07, 6.45) is -0.0111. The number of aliphatic hydroxyl groups is 1. The van der Waals surface area contributed by atoms with E-state index in [1.807, 2.05) is 60.7 Å². The first-order valence-electron chi connectivity index (χ1n) is 8.41. The van der Waals surface area contributed by atoms with Crippen LogP contribution < -0.4 is 5.32 Å². The van der Waals surface area contributed by atoms with E-state index in [2.05, 4.69) is 11.9 Å². The lowest BCUT2D eigenvalue weighted by atomic mass is 9.98. The van der Waals surface area contributed by atoms with Gasteiger partial charge in [-0.3, -0.25) is 0 Å². The van der Waals surface area contributed by atoms with Gasteiger partial charge in [0.05, 0.1) is 12.1 Å². The van der Waals surface area contributed by atoms with Crippen LogP contribution in [0.4, 0.5) is 4.79 Å². The summed E-state index contributed by atoms with van der Waals surface area (Å²) in [6, 6.07) is 19.0. The van der Waals surface area contributed by atoms with Crippen molar-refractivity contribution in [1.29, 1.82) is 0 Å². The smallest absolute Gasteiger partial charge is 0.407 e. The van der Waals surface area contributed by atoms with Crippen LogP contribution in [-0.4, -0.2) is 23.3 Å². The van der Waals surface area contributed by atoms with Gasteiger partial charge in [-0.05, 0) is 30.9 Å². The molecule has 132 valence electrons. The number of amides is 1. The molecule has 0 aromatic heterocycles. The minimum absolute atomic E-state index is 0.196. The van der Waals surface area contributed by atoms with Gasteiger partial charge in [0, 0.05) is 0 Å². The topological polar surface area (TPSA) is 58.6 Å². The third-order valence-electron chi connectivity index (χ3n) is 3.99. The van der Waals surface area contributed by atoms with Gasteiger partial charge in [-0.2, -0.15) is 0 Å². The van der Waals surface area contributed by atoms with Crippen LogP contribution in [0, 0.1) is 0 Å². The van der Waals surface area contributed by atoms with Crippen molar-refractivity contribution in [2.45, 2.75) is 38.5 Å². The molecule has 0 aliphatic heterocycles. The van der Waals surface area contributed by atoms with Crippen LogP contribution in [0.1, 0.15) is 24.5 Å². The summed E-state index contributed by atoms with van der Waals surface area (Å²) >= 11 is 0. The second kappa shape index (κ2) is 9.64. The summed E-state index contributed by atoms with van der Waals surface area (Å²) < 4.78 is 5.25. The zero-order valence-corrected chi connectivity index (χ0v) is 14.5. The van der Waals surface area contributed by atoms with E-state index in [9.17, 15) is 9.90 Å². The van der Waals surface area contributed by atoms with Crippen LogP contribution in [0.3, 0.4) is 0 Å². The third kappa shape index (κ3) is 6.43. The highest BCUT2D eigenvalue weighted by Gasteiger charge is 2.22. The highest BCUT2D eigenvalue weighted by atomic mass is 16.5. The molecule has 0 unspecified atom stereocenters. The molecule has 4 nitrogen and oxygen atoms in total. The van der Waals surface area contributed by atoms with Crippen LogP contribution in [0.5, 0.6) is 0 Å². The summed E-state index contributed by atoms with van der Waals surface area (Å²) in [5.74, 6) is 0. The lowest BCUT2D eigenvalue weighted by Crippen LogP contribution is -2.44. The SMILES string of the molecule is C=C(C)[C@@H](O)[C@H](CCc1ccccc1)NC(=O)OCc1ccccc1. The molecule has 2 rings (SSSR count). The van der Waals surface area contributed by atoms with Crippen molar-refractivity contribution >= 4 is 6.09 Å². The number of carbonyl (C=O) groups excluding carboxylic acids is 1. The van der Waals surface area contributed by atoms with Crippen molar-refractivity contribution in [1.82, 2.24) is 5.32 Å². The molecule has 0 heterocycles. The van der Waals surface area contributed by atoms with E-state index in [1.54, 1.807) is 6.92 Å². The van der Waals surface area contributed by atoms with Crippen molar-refractivity contribution in [2.75, 3.05) is 0 Å². The minimum Gasteiger partial charge on any atom is -0.445 e. The molecule has 2 N–H and O–H groups in total. The number of hydrogen-bond donors (Lipinski definition) is 2. The fourth-order valence-corrected chi connectivity index (χ4v) is 2.54. The molecule has 2 aromatic carbocycles. The van der Waals surface area contributed by atoms with E-state index in [1.165, 1.54) is 0 Å². The second-order valence-electron chi connectivity index (χ2n) is 6.13. The number of carbonyl (C=O) groups is 1. The van der Waals surface area contributed by atoms with E-state index < -0.39 is 18.2 Å². The van der Waals surface area contributed by atoms with Crippen LogP contribution in [-0.2, 0) is 17.8 Å². The Morgan fingerprint density at radius 1 is 1.08 bits per heavy atom. The summed E-state index contributed by atoms with van der Waals surface area (Å²) in [4.78, 5) is 12.1. The van der Waals surface area contributed by atoms with E-state index >= 15 is 0 Å². The minimum atomic E-state index is -0.812. The zero-order chi connectivity index (χ0) is 18.1. The number of ether oxygens (including phenoxy) is 1. The monoisotopic (exact) mass is 339 g/mol. The predicted octanol–water partition coefficient (Wildman–Crippen LogP) is 3.85. The molecule has 0 fully saturated rings. The Morgan fingerprint density at radius 2 is 1.64 bits per heavy atom. The Balaban J connectivity index is 1.90. The first-order valence-corrected chi connectivity index (χ1v) is 8.41. The Hall–Kier alpha value is -2.59. The van der Waals surface area contributed by atoms with Crippen LogP contribution >= 0.6 is 0 Å². The standard InChI is InChI=1S/C21H25NO3/c1-16(2)20(23)19(14-13-17-9-5-3-6-10-17)22-21(24)25-15-18-11-7-4-8-12-18/h3-12,19-20,23H,1,13-15H2,2H3,(H,22,24)/t19-,20+/m0/s1. The van der Waals surface area contributed by atoms with Gasteiger partial charge in [0.25, 0.3) is 0 Å². The lowest BCUT2D eigenvalue weighted by molar-refractivity contribution is 0.113. The molecule has 0 aliphatic rings. The molecule has 0 bridgehead atoms. The summed E-state index contributed by atoms with van der Waals surface area (Å²) in [6.45, 7) is 5.73. The lowest BCUT2D eigenvalue weighted by Gasteiger charge is -2.24. The Labute approximate surface area is 149 Å². The molecule has 0 aliphatic carbocycles. The first kappa shape index (κ1) is 18.7. The maximum atomic E-state index is 12.1. The molecule has 25 heavy (non-hydrogen) atoms. The van der Waals surface area contributed by atoms with Crippen molar-refractivity contribution in [3.8, 4) is 0 Å². The quantitative estimate of drug-likeness (QED) is 0.718. The van der Waals surface area contributed by atoms with Gasteiger partial charge in [-0.1, -0.05) is 72.8 Å². The molecule has 4 heteroatoms. The van der Waals surface area contributed by atoms with Gasteiger partial charge in [-0.25, -0.2) is 4.79 Å². The number of benzene rings is 2. The van der Waals surface area contributed by atoms with E-state index in [-0.39, 0.29) is 6.61 Å². The molecule has 1 amide bonds. The van der Waals surface area contributed by atoms with Gasteiger partial charge in [0.1, 0.15) is 6.61 Å². The number of hydrogen-bond acceptors (Lipinski definition) is 3. The van der Waals surface area contributed by atoms with Crippen molar-refractivity contribution in [3.63, 3.8) is 0 Å². The van der Waals surface area contributed by atoms with Crippen LogP contribution in [0.2, 0.25) is 0 Å². The molecular formula is C21H25NO3. The van der Waals surface area contributed by atoms with Gasteiger partial charge in [0.15, 0.2) is 0 Å². The van der Waals surface area contributed by atoms with Crippen molar-refractivity contribution < 1.29 is 14.6 Å². The number of rotatable bonds is 8. The second-order valence-corrected chi connectivity index (χ2v) is 6.13. The number of aliphatic hydroxyl groups excluding tert-OH is 1. The first-order chi connectivity index (χ1) is 12.1. The average Bonchev–Trinajstić information content (AvgIpc) is 2.64. The molecule has 0 spiro atoms. The fourth-order valence-electron chi connectivity index (χ4n) is 2.54. The Kier molecular flexibility index (Phi) is 7.23. The van der Waals surface area contributed by atoms with Crippen molar-refractivity contribution in [2.24, 2.45) is 0 Å². The number of nitrogens with one attached hydrogen (secondary N) is 1. The summed E-state index contributed by atoms with van der Waals surface area (Å²) in [7, 11) is 0. The van der Waals surface area contributed by atoms with Gasteiger partial charge >= 0.3 is 6.09 Å². The van der Waals surface area contributed by atoms with Crippen LogP contribution in [0.15, 0.2) is 72.8 Å². The largest absolute Gasteiger partial charge is 0.445 e. The van der Waals surface area contributed by atoms with E-state index in [0.29, 0.717) is 12.0 Å². The number of aryl methyl sites for hydroxylation is 1. The molecule has 0 saturated carbocycles. The van der Waals surface area contributed by atoms with Gasteiger partial charge in [-0.15, -0.1) is 0 Å². The third-order valence-corrected chi connectivity index (χ3v) is 3.99. The van der Waals surface area contributed by atoms with Crippen molar-refractivity contribution in [3.05, 3.63) is 83.9 Å². The average molecular weight is 339 g/mol. The molecule has 0 saturated heterocycles. The van der Waals surface area contributed by atoms with E-state index in [4.69, 9.17) is 4.74 Å². The molecule has 0 radical (unpaired) electrons. The maximum Gasteiger partial charge on any atom is 0.407 e. The highest BCUT2D eigenvalue weighted by molar-refractivity contribution is 5.67. The molecule has 2 atom stereocenters. The molecular weight excluding hydrogens is 314 g/mol. The summed E-state index contributed by atoms with van der Waals surface area (Å²) in [5.41, 5.74) is 2.68. The zero-order valence-electron chi connectivity index (χ0n) is 14.5. The van der Waals surface area contributed by atoms with Gasteiger partial charge in [0.2, 0.25) is 0 Å². The highest BCUT2D eigenvalue weighted by Crippen LogP contribution is 2.12. The Bertz CT molecular complexity index is 670. The predicted molar refractivity (Wildman–Crippen MR) is 99.1 cm³/mol. The normalized spacial score (nSPS) is 12.9. The number of alkyl carbamates (subject to hydrolysis) is 1. The molecule has 2 aromatic rings. The fraction of sp³-hybridized carbons (Fsp3) is 0.286. The van der Waals surface area contributed by atoms with E-state index in [0.717, 1.165) is 17.5 Å². The van der Waals surface area contributed by atoms with Gasteiger partial charge < -0.3 is 15.2 Å². The Morgan fingerprint density at radius 3 is 2.20 bits per heavy atom.